The molecule has 0 saturated heterocycles. The molecule has 0 amide bonds. The highest BCUT2D eigenvalue weighted by Crippen LogP contribution is 2.31. The van der Waals surface area contributed by atoms with Crippen LogP contribution in [0, 0.1) is 0 Å². The molecule has 0 bridgehead atoms. The number of rotatable bonds is 1. The van der Waals surface area contributed by atoms with Crippen LogP contribution in [0.5, 0.6) is 5.75 Å². The number of aromatic amines is 1. The van der Waals surface area contributed by atoms with Crippen LogP contribution in [0.2, 0.25) is 0 Å². The Balaban J connectivity index is 2.19. The summed E-state index contributed by atoms with van der Waals surface area (Å²) in [4.78, 5) is 3.42. The van der Waals surface area contributed by atoms with Gasteiger partial charge in [0.25, 0.3) is 0 Å². The second-order valence-electron chi connectivity index (χ2n) is 4.16. The SMILES string of the molecule is COc1ccc2c3c([nH]c2c1)CC(N)C3. The van der Waals surface area contributed by atoms with Crippen molar-refractivity contribution in [1.82, 2.24) is 4.98 Å². The van der Waals surface area contributed by atoms with Gasteiger partial charge < -0.3 is 15.5 Å². The Hall–Kier alpha value is -1.48. The predicted molar refractivity (Wildman–Crippen MR) is 60.2 cm³/mol. The normalized spacial score (nSPS) is 19.5. The second-order valence-corrected chi connectivity index (χ2v) is 4.16. The van der Waals surface area contributed by atoms with E-state index in [1.807, 2.05) is 12.1 Å². The highest BCUT2D eigenvalue weighted by molar-refractivity contribution is 5.86. The number of nitrogens with one attached hydrogen (secondary N) is 1. The summed E-state index contributed by atoms with van der Waals surface area (Å²) in [5.41, 5.74) is 9.78. The molecule has 1 aromatic carbocycles. The molecule has 2 aromatic rings. The molecule has 0 spiro atoms. The van der Waals surface area contributed by atoms with Gasteiger partial charge in [0.1, 0.15) is 5.75 Å². The zero-order valence-corrected chi connectivity index (χ0v) is 8.71. The van der Waals surface area contributed by atoms with Crippen LogP contribution in [0.15, 0.2) is 18.2 Å². The van der Waals surface area contributed by atoms with Crippen molar-refractivity contribution in [3.05, 3.63) is 29.5 Å². The maximum atomic E-state index is 5.93. The first-order chi connectivity index (χ1) is 7.28. The number of fused-ring (bicyclic) bond motifs is 3. The topological polar surface area (TPSA) is 51.0 Å². The summed E-state index contributed by atoms with van der Waals surface area (Å²) < 4.78 is 5.20. The van der Waals surface area contributed by atoms with E-state index in [9.17, 15) is 0 Å². The van der Waals surface area contributed by atoms with Crippen LogP contribution in [-0.2, 0) is 12.8 Å². The number of benzene rings is 1. The molecule has 3 N–H and O–H groups in total. The van der Waals surface area contributed by atoms with E-state index in [1.54, 1.807) is 7.11 Å². The van der Waals surface area contributed by atoms with Crippen molar-refractivity contribution in [2.24, 2.45) is 5.73 Å². The van der Waals surface area contributed by atoms with E-state index in [0.29, 0.717) is 0 Å². The molecule has 1 atom stereocenters. The standard InChI is InChI=1S/C12H14N2O/c1-15-8-2-3-9-10-4-7(13)5-11(10)14-12(9)6-8/h2-3,6-7,14H,4-5,13H2,1H3. The minimum absolute atomic E-state index is 0.290. The molecule has 0 radical (unpaired) electrons. The van der Waals surface area contributed by atoms with Gasteiger partial charge in [0.15, 0.2) is 0 Å². The van der Waals surface area contributed by atoms with Gasteiger partial charge in [-0.05, 0) is 24.1 Å². The van der Waals surface area contributed by atoms with Crippen molar-refractivity contribution < 1.29 is 4.74 Å². The van der Waals surface area contributed by atoms with Crippen molar-refractivity contribution in [3.63, 3.8) is 0 Å². The minimum Gasteiger partial charge on any atom is -0.497 e. The van der Waals surface area contributed by atoms with Crippen LogP contribution in [-0.4, -0.2) is 18.1 Å². The summed E-state index contributed by atoms with van der Waals surface area (Å²) >= 11 is 0. The molecule has 0 saturated carbocycles. The number of nitrogens with two attached hydrogens (primary N) is 1. The van der Waals surface area contributed by atoms with Gasteiger partial charge >= 0.3 is 0 Å². The quantitative estimate of drug-likeness (QED) is 0.738. The second kappa shape index (κ2) is 3.00. The van der Waals surface area contributed by atoms with Gasteiger partial charge in [0.05, 0.1) is 7.11 Å². The van der Waals surface area contributed by atoms with Gasteiger partial charge in [-0.25, -0.2) is 0 Å². The van der Waals surface area contributed by atoms with Gasteiger partial charge in [-0.1, -0.05) is 0 Å². The summed E-state index contributed by atoms with van der Waals surface area (Å²) in [6.07, 6.45) is 1.95. The summed E-state index contributed by atoms with van der Waals surface area (Å²) in [6, 6.07) is 6.44. The average Bonchev–Trinajstić information content (AvgIpc) is 2.72. The molecule has 3 nitrogen and oxygen atoms in total. The smallest absolute Gasteiger partial charge is 0.120 e. The lowest BCUT2D eigenvalue weighted by Gasteiger charge is -2.02. The first kappa shape index (κ1) is 8.80. The molecule has 0 fully saturated rings. The minimum atomic E-state index is 0.290. The molecule has 1 unspecified atom stereocenters. The summed E-state index contributed by atoms with van der Waals surface area (Å²) in [7, 11) is 1.69. The van der Waals surface area contributed by atoms with E-state index < -0.39 is 0 Å². The van der Waals surface area contributed by atoms with Gasteiger partial charge in [-0.2, -0.15) is 0 Å². The Kier molecular flexibility index (Phi) is 1.76. The van der Waals surface area contributed by atoms with Gasteiger partial charge in [-0.15, -0.1) is 0 Å². The largest absolute Gasteiger partial charge is 0.497 e. The van der Waals surface area contributed by atoms with E-state index in [1.165, 1.54) is 16.6 Å². The Labute approximate surface area is 88.2 Å². The number of aromatic nitrogens is 1. The zero-order valence-electron chi connectivity index (χ0n) is 8.71. The number of hydrogen-bond acceptors (Lipinski definition) is 2. The first-order valence-corrected chi connectivity index (χ1v) is 5.21. The van der Waals surface area contributed by atoms with Crippen LogP contribution in [0.1, 0.15) is 11.3 Å². The molecule has 3 heteroatoms. The van der Waals surface area contributed by atoms with Crippen LogP contribution < -0.4 is 10.5 Å². The van der Waals surface area contributed by atoms with Crippen molar-refractivity contribution in [1.29, 1.82) is 0 Å². The number of methoxy groups -OCH3 is 1. The van der Waals surface area contributed by atoms with Crippen LogP contribution in [0.3, 0.4) is 0 Å². The van der Waals surface area contributed by atoms with E-state index in [-0.39, 0.29) is 6.04 Å². The van der Waals surface area contributed by atoms with Crippen molar-refractivity contribution in [2.45, 2.75) is 18.9 Å². The number of H-pyrrole nitrogens is 1. The zero-order chi connectivity index (χ0) is 10.4. The Bertz CT molecular complexity index is 516. The molecule has 3 rings (SSSR count). The number of ether oxygens (including phenoxy) is 1. The summed E-state index contributed by atoms with van der Waals surface area (Å²) in [6.45, 7) is 0. The Morgan fingerprint density at radius 1 is 1.40 bits per heavy atom. The third kappa shape index (κ3) is 1.23. The third-order valence-electron chi connectivity index (χ3n) is 3.13. The molecule has 1 heterocycles. The summed E-state index contributed by atoms with van der Waals surface area (Å²) in [5.74, 6) is 0.895. The molecule has 15 heavy (non-hydrogen) atoms. The lowest BCUT2D eigenvalue weighted by molar-refractivity contribution is 0.415. The molecule has 1 aromatic heterocycles. The van der Waals surface area contributed by atoms with E-state index >= 15 is 0 Å². The van der Waals surface area contributed by atoms with Gasteiger partial charge in [-0.3, -0.25) is 0 Å². The average molecular weight is 202 g/mol. The van der Waals surface area contributed by atoms with E-state index in [0.717, 1.165) is 24.1 Å². The lowest BCUT2D eigenvalue weighted by atomic mass is 10.1. The lowest BCUT2D eigenvalue weighted by Crippen LogP contribution is -2.19. The van der Waals surface area contributed by atoms with E-state index in [4.69, 9.17) is 10.5 Å². The molecule has 78 valence electrons. The molecular formula is C12H14N2O. The highest BCUT2D eigenvalue weighted by atomic mass is 16.5. The fraction of sp³-hybridized carbons (Fsp3) is 0.333. The molecule has 1 aliphatic carbocycles. The predicted octanol–water partition coefficient (Wildman–Crippen LogP) is 1.60. The van der Waals surface area contributed by atoms with Crippen LogP contribution in [0.25, 0.3) is 10.9 Å². The van der Waals surface area contributed by atoms with Crippen molar-refractivity contribution in [3.8, 4) is 5.75 Å². The summed E-state index contributed by atoms with van der Waals surface area (Å²) in [5, 5.41) is 1.29. The van der Waals surface area contributed by atoms with E-state index in [2.05, 4.69) is 11.1 Å². The molecule has 0 aliphatic heterocycles. The highest BCUT2D eigenvalue weighted by Gasteiger charge is 2.22. The van der Waals surface area contributed by atoms with Crippen LogP contribution in [0.4, 0.5) is 0 Å². The fourth-order valence-corrected chi connectivity index (χ4v) is 2.42. The number of hydrogen-bond donors (Lipinski definition) is 2. The maximum absolute atomic E-state index is 5.93. The van der Waals surface area contributed by atoms with Gasteiger partial charge in [0.2, 0.25) is 0 Å². The van der Waals surface area contributed by atoms with Gasteiger partial charge in [0, 0.05) is 35.1 Å². The third-order valence-corrected chi connectivity index (χ3v) is 3.13. The Morgan fingerprint density at radius 2 is 2.27 bits per heavy atom. The maximum Gasteiger partial charge on any atom is 0.120 e. The molecular weight excluding hydrogens is 188 g/mol. The molecule has 1 aliphatic rings. The fourth-order valence-electron chi connectivity index (χ4n) is 2.42. The van der Waals surface area contributed by atoms with Crippen molar-refractivity contribution >= 4 is 10.9 Å². The Morgan fingerprint density at radius 3 is 3.07 bits per heavy atom. The first-order valence-electron chi connectivity index (χ1n) is 5.21. The van der Waals surface area contributed by atoms with Crippen LogP contribution >= 0.6 is 0 Å². The van der Waals surface area contributed by atoms with Crippen molar-refractivity contribution in [2.75, 3.05) is 7.11 Å². The monoisotopic (exact) mass is 202 g/mol.